The van der Waals surface area contributed by atoms with Gasteiger partial charge < -0.3 is 13.6 Å². The Morgan fingerprint density at radius 2 is 1.08 bits per heavy atom. The number of fused-ring (bicyclic) bond motifs is 7. The zero-order chi connectivity index (χ0) is 39.5. The van der Waals surface area contributed by atoms with Gasteiger partial charge in [-0.2, -0.15) is 0 Å². The fraction of sp³-hybridized carbons (Fsp3) is 0.0185. The smallest absolute Gasteiger partial charge is 0.179 e. The lowest BCUT2D eigenvalue weighted by Crippen LogP contribution is -2.74. The minimum atomic E-state index is -2.85. The van der Waals surface area contributed by atoms with Crippen molar-refractivity contribution in [2.24, 2.45) is 0 Å². The maximum Gasteiger partial charge on any atom is 0.179 e. The molecule has 0 fully saturated rings. The SMILES string of the molecule is C=Cc1c(/C=C\C)c2cc3oc4ccccc4c3cc2n1-c1ccc([Si](c2ccccc2)(c2ccccc2)c2ccc(-n3c4ccccc4c4cnccc43)cc2)cc1. The Kier molecular flexibility index (Phi) is 8.17. The van der Waals surface area contributed by atoms with Crippen molar-refractivity contribution in [2.75, 3.05) is 0 Å². The molecule has 4 aromatic heterocycles. The van der Waals surface area contributed by atoms with Crippen LogP contribution in [0.3, 0.4) is 0 Å². The number of hydrogen-bond acceptors (Lipinski definition) is 2. The van der Waals surface area contributed by atoms with Crippen molar-refractivity contribution >= 4 is 95.6 Å². The molecule has 0 N–H and O–H groups in total. The lowest BCUT2D eigenvalue weighted by Gasteiger charge is -2.34. The van der Waals surface area contributed by atoms with E-state index in [1.54, 1.807) is 0 Å². The van der Waals surface area contributed by atoms with E-state index in [1.807, 2.05) is 30.6 Å². The molecule has 0 spiro atoms. The van der Waals surface area contributed by atoms with E-state index in [0.29, 0.717) is 0 Å². The molecule has 0 atom stereocenters. The average molecular weight is 774 g/mol. The van der Waals surface area contributed by atoms with Gasteiger partial charge in [-0.25, -0.2) is 0 Å². The Bertz CT molecular complexity index is 3300. The van der Waals surface area contributed by atoms with E-state index < -0.39 is 8.07 Å². The quantitative estimate of drug-likeness (QED) is 0.114. The summed E-state index contributed by atoms with van der Waals surface area (Å²) in [6.07, 6.45) is 10.1. The number of allylic oxidation sites excluding steroid dienone is 1. The van der Waals surface area contributed by atoms with Crippen molar-refractivity contribution in [2.45, 2.75) is 6.92 Å². The molecule has 0 aliphatic rings. The highest BCUT2D eigenvalue weighted by molar-refractivity contribution is 7.19. The molecule has 11 aromatic rings. The second-order valence-corrected chi connectivity index (χ2v) is 18.9. The number of pyridine rings is 1. The minimum absolute atomic E-state index is 0.884. The number of rotatable bonds is 8. The van der Waals surface area contributed by atoms with Crippen molar-refractivity contribution in [1.82, 2.24) is 14.1 Å². The van der Waals surface area contributed by atoms with Gasteiger partial charge in [0.1, 0.15) is 11.2 Å². The van der Waals surface area contributed by atoms with Gasteiger partial charge in [0.05, 0.1) is 22.2 Å². The molecular weight excluding hydrogens is 735 g/mol. The fourth-order valence-corrected chi connectivity index (χ4v) is 14.3. The van der Waals surface area contributed by atoms with Crippen molar-refractivity contribution in [3.63, 3.8) is 0 Å². The average Bonchev–Trinajstić information content (AvgIpc) is 3.94. The monoisotopic (exact) mass is 773 g/mol. The fourth-order valence-electron chi connectivity index (χ4n) is 9.56. The summed E-state index contributed by atoms with van der Waals surface area (Å²) in [7, 11) is -2.85. The number of benzene rings is 7. The van der Waals surface area contributed by atoms with Crippen molar-refractivity contribution in [3.05, 3.63) is 212 Å². The molecule has 0 bridgehead atoms. The predicted molar refractivity (Wildman–Crippen MR) is 251 cm³/mol. The van der Waals surface area contributed by atoms with Gasteiger partial charge >= 0.3 is 0 Å². The highest BCUT2D eigenvalue weighted by Crippen LogP contribution is 2.38. The van der Waals surface area contributed by atoms with Gasteiger partial charge in [0, 0.05) is 56.3 Å². The Morgan fingerprint density at radius 3 is 1.75 bits per heavy atom. The van der Waals surface area contributed by atoms with Gasteiger partial charge in [-0.1, -0.05) is 140 Å². The van der Waals surface area contributed by atoms with Gasteiger partial charge in [-0.3, -0.25) is 4.98 Å². The summed E-state index contributed by atoms with van der Waals surface area (Å²) >= 11 is 0. The molecule has 0 amide bonds. The molecular formula is C54H39N3OSi. The zero-order valence-corrected chi connectivity index (χ0v) is 33.6. The third-order valence-corrected chi connectivity index (χ3v) is 16.9. The lowest BCUT2D eigenvalue weighted by molar-refractivity contribution is 0.669. The first-order valence-electron chi connectivity index (χ1n) is 20.1. The van der Waals surface area contributed by atoms with Crippen molar-refractivity contribution in [3.8, 4) is 11.4 Å². The van der Waals surface area contributed by atoms with Crippen LogP contribution < -0.4 is 20.7 Å². The largest absolute Gasteiger partial charge is 0.456 e. The van der Waals surface area contributed by atoms with Gasteiger partial charge in [-0.05, 0) is 88.3 Å². The number of nitrogens with zero attached hydrogens (tertiary/aromatic N) is 3. The summed E-state index contributed by atoms with van der Waals surface area (Å²) in [6, 6.07) is 64.4. The summed E-state index contributed by atoms with van der Waals surface area (Å²) in [5.41, 5.74) is 9.59. The zero-order valence-electron chi connectivity index (χ0n) is 32.6. The molecule has 0 aliphatic heterocycles. The highest BCUT2D eigenvalue weighted by Gasteiger charge is 2.41. The summed E-state index contributed by atoms with van der Waals surface area (Å²) in [5.74, 6) is 0. The number of aromatic nitrogens is 3. The molecule has 0 unspecified atom stereocenters. The molecule has 59 heavy (non-hydrogen) atoms. The van der Waals surface area contributed by atoms with E-state index in [0.717, 1.165) is 66.4 Å². The number of furan rings is 1. The van der Waals surface area contributed by atoms with Crippen LogP contribution in [0.2, 0.25) is 0 Å². The first kappa shape index (κ1) is 34.7. The second-order valence-electron chi connectivity index (χ2n) is 15.1. The Morgan fingerprint density at radius 1 is 0.508 bits per heavy atom. The van der Waals surface area contributed by atoms with Gasteiger partial charge in [-0.15, -0.1) is 0 Å². The highest BCUT2D eigenvalue weighted by atomic mass is 28.3. The number of para-hydroxylation sites is 2. The van der Waals surface area contributed by atoms with Gasteiger partial charge in [0.2, 0.25) is 0 Å². The first-order valence-corrected chi connectivity index (χ1v) is 22.1. The van der Waals surface area contributed by atoms with Crippen LogP contribution in [0.4, 0.5) is 0 Å². The molecule has 4 heterocycles. The van der Waals surface area contributed by atoms with E-state index in [9.17, 15) is 0 Å². The molecule has 0 saturated heterocycles. The molecule has 11 rings (SSSR count). The van der Waals surface area contributed by atoms with E-state index >= 15 is 0 Å². The Hall–Kier alpha value is -7.47. The van der Waals surface area contributed by atoms with Crippen LogP contribution in [-0.2, 0) is 0 Å². The second kappa shape index (κ2) is 13.9. The molecule has 7 aromatic carbocycles. The van der Waals surface area contributed by atoms with E-state index in [-0.39, 0.29) is 0 Å². The molecule has 4 nitrogen and oxygen atoms in total. The molecule has 5 heteroatoms. The normalized spacial score (nSPS) is 12.2. The molecule has 0 radical (unpaired) electrons. The third kappa shape index (κ3) is 5.25. The van der Waals surface area contributed by atoms with Gasteiger partial charge in [0.25, 0.3) is 0 Å². The van der Waals surface area contributed by atoms with E-state index in [2.05, 4.69) is 204 Å². The van der Waals surface area contributed by atoms with Crippen LogP contribution in [0.5, 0.6) is 0 Å². The first-order chi connectivity index (χ1) is 29.2. The topological polar surface area (TPSA) is 35.9 Å². The van der Waals surface area contributed by atoms with E-state index in [1.165, 1.54) is 31.6 Å². The number of hydrogen-bond donors (Lipinski definition) is 0. The third-order valence-electron chi connectivity index (χ3n) is 12.1. The predicted octanol–water partition coefficient (Wildman–Crippen LogP) is 11.1. The van der Waals surface area contributed by atoms with Crippen LogP contribution in [0.1, 0.15) is 18.2 Å². The van der Waals surface area contributed by atoms with Crippen LogP contribution in [0.25, 0.3) is 78.2 Å². The summed E-state index contributed by atoms with van der Waals surface area (Å²) in [6.45, 7) is 6.39. The van der Waals surface area contributed by atoms with Crippen LogP contribution in [0, 0.1) is 0 Å². The van der Waals surface area contributed by atoms with Crippen molar-refractivity contribution < 1.29 is 4.42 Å². The summed E-state index contributed by atoms with van der Waals surface area (Å²) in [5, 5.41) is 11.0. The molecule has 0 saturated carbocycles. The standard InChI is InChI=1S/C54H39N3OSi/c1-3-15-43-46-35-54-47(45-21-12-14-23-53(45)58-54)34-52(46)56(49(43)4-2)37-24-28-41(29-25-37)59(39-16-7-5-8-17-39,40-18-9-6-10-19-40)42-30-26-38(27-31-42)57-50-22-13-11-20-44(50)48-36-55-33-32-51(48)57/h3-36H,2H2,1H3/b15-3-. The summed E-state index contributed by atoms with van der Waals surface area (Å²) < 4.78 is 11.1. The molecule has 0 aliphatic carbocycles. The maximum absolute atomic E-state index is 6.37. The van der Waals surface area contributed by atoms with Gasteiger partial charge in [0.15, 0.2) is 8.07 Å². The van der Waals surface area contributed by atoms with E-state index in [4.69, 9.17) is 4.42 Å². The molecule has 280 valence electrons. The Balaban J connectivity index is 1.12. The van der Waals surface area contributed by atoms with Crippen LogP contribution >= 0.6 is 0 Å². The van der Waals surface area contributed by atoms with Crippen LogP contribution in [0.15, 0.2) is 205 Å². The maximum atomic E-state index is 6.37. The Labute approximate surface area is 343 Å². The lowest BCUT2D eigenvalue weighted by atomic mass is 10.1. The summed E-state index contributed by atoms with van der Waals surface area (Å²) in [4.78, 5) is 4.48. The van der Waals surface area contributed by atoms with Crippen molar-refractivity contribution in [1.29, 1.82) is 0 Å². The minimum Gasteiger partial charge on any atom is -0.456 e. The van der Waals surface area contributed by atoms with Crippen LogP contribution in [-0.4, -0.2) is 22.2 Å².